The van der Waals surface area contributed by atoms with Gasteiger partial charge in [0.05, 0.1) is 0 Å². The Kier molecular flexibility index (Phi) is 11.1. The number of rotatable bonds is 4. The summed E-state index contributed by atoms with van der Waals surface area (Å²) in [5.41, 5.74) is 1.70. The highest BCUT2D eigenvalue weighted by molar-refractivity contribution is 5.31. The van der Waals surface area contributed by atoms with E-state index in [-0.39, 0.29) is 11.5 Å². The molecule has 0 amide bonds. The van der Waals surface area contributed by atoms with E-state index in [9.17, 15) is 22.0 Å². The summed E-state index contributed by atoms with van der Waals surface area (Å²) in [5.74, 6) is 0.360. The third kappa shape index (κ3) is 11.1. The van der Waals surface area contributed by atoms with Crippen LogP contribution < -0.4 is 9.47 Å². The second kappa shape index (κ2) is 12.1. The molecule has 152 valence electrons. The van der Waals surface area contributed by atoms with E-state index in [0.717, 1.165) is 5.56 Å². The number of hydrogen-bond acceptors (Lipinski definition) is 2. The maximum absolute atomic E-state index is 11.8. The van der Waals surface area contributed by atoms with Crippen molar-refractivity contribution in [1.29, 1.82) is 0 Å². The van der Waals surface area contributed by atoms with Crippen molar-refractivity contribution in [1.82, 2.24) is 0 Å². The van der Waals surface area contributed by atoms with Crippen LogP contribution in [0, 0.1) is 6.92 Å². The molecule has 0 saturated heterocycles. The molecule has 0 bridgehead atoms. The average molecular weight is 392 g/mol. The highest BCUT2D eigenvalue weighted by Crippen LogP contribution is 2.24. The fraction of sp³-hybridized carbons (Fsp3) is 0.400. The van der Waals surface area contributed by atoms with Gasteiger partial charge in [-0.1, -0.05) is 58.0 Å². The van der Waals surface area contributed by atoms with Crippen LogP contribution in [0.1, 0.15) is 44.7 Å². The first-order chi connectivity index (χ1) is 12.6. The topological polar surface area (TPSA) is 18.5 Å². The van der Waals surface area contributed by atoms with Crippen molar-refractivity contribution < 1.29 is 31.4 Å². The van der Waals surface area contributed by atoms with Crippen LogP contribution in [0.15, 0.2) is 48.5 Å². The van der Waals surface area contributed by atoms with Crippen LogP contribution in [0.3, 0.4) is 0 Å². The zero-order valence-electron chi connectivity index (χ0n) is 16.0. The summed E-state index contributed by atoms with van der Waals surface area (Å²) in [7, 11) is 0. The maximum Gasteiger partial charge on any atom is 0.573 e. The summed E-state index contributed by atoms with van der Waals surface area (Å²) in [6.07, 6.45) is -4.61. The van der Waals surface area contributed by atoms with Crippen molar-refractivity contribution in [2.24, 2.45) is 0 Å². The number of alkyl halides is 5. The van der Waals surface area contributed by atoms with E-state index in [2.05, 4.69) is 9.47 Å². The molecule has 2 rings (SSSR count). The van der Waals surface area contributed by atoms with Gasteiger partial charge in [0.25, 0.3) is 0 Å². The molecule has 2 nitrogen and oxygen atoms in total. The predicted molar refractivity (Wildman–Crippen MR) is 96.4 cm³/mol. The molecule has 0 aromatic heterocycles. The van der Waals surface area contributed by atoms with Crippen LogP contribution >= 0.6 is 0 Å². The van der Waals surface area contributed by atoms with Gasteiger partial charge in [-0.2, -0.15) is 8.78 Å². The van der Waals surface area contributed by atoms with Crippen LogP contribution in [-0.4, -0.2) is 13.0 Å². The minimum Gasteiger partial charge on any atom is -0.435 e. The van der Waals surface area contributed by atoms with Gasteiger partial charge in [0.15, 0.2) is 0 Å². The van der Waals surface area contributed by atoms with Gasteiger partial charge in [-0.25, -0.2) is 0 Å². The summed E-state index contributed by atoms with van der Waals surface area (Å²) in [6, 6.07) is 12.6. The Balaban J connectivity index is 0.000000469. The molecule has 2 aromatic rings. The first-order valence-corrected chi connectivity index (χ1v) is 8.44. The van der Waals surface area contributed by atoms with Crippen LogP contribution in [-0.2, 0) is 0 Å². The highest BCUT2D eigenvalue weighted by atomic mass is 19.4. The van der Waals surface area contributed by atoms with Gasteiger partial charge in [0, 0.05) is 0 Å². The number of hydrogen-bond donors (Lipinski definition) is 0. The monoisotopic (exact) mass is 392 g/mol. The number of halogens is 5. The van der Waals surface area contributed by atoms with Gasteiger partial charge in [-0.3, -0.25) is 0 Å². The molecule has 0 spiro atoms. The molecule has 0 unspecified atom stereocenters. The number of benzene rings is 2. The van der Waals surface area contributed by atoms with E-state index >= 15 is 0 Å². The summed E-state index contributed by atoms with van der Waals surface area (Å²) in [5, 5.41) is 0. The third-order valence-electron chi connectivity index (χ3n) is 3.09. The van der Waals surface area contributed by atoms with Gasteiger partial charge in [-0.05, 0) is 42.2 Å². The minimum absolute atomic E-state index is 0.179. The lowest BCUT2D eigenvalue weighted by Crippen LogP contribution is -2.17. The third-order valence-corrected chi connectivity index (χ3v) is 3.09. The quantitative estimate of drug-likeness (QED) is 0.507. The van der Waals surface area contributed by atoms with Gasteiger partial charge in [0.1, 0.15) is 11.5 Å². The lowest BCUT2D eigenvalue weighted by atomic mass is 10.0. The van der Waals surface area contributed by atoms with E-state index in [0.29, 0.717) is 11.5 Å². The van der Waals surface area contributed by atoms with Gasteiger partial charge < -0.3 is 9.47 Å². The van der Waals surface area contributed by atoms with E-state index in [1.807, 2.05) is 27.7 Å². The second-order valence-electron chi connectivity index (χ2n) is 5.42. The van der Waals surface area contributed by atoms with E-state index in [1.54, 1.807) is 37.3 Å². The van der Waals surface area contributed by atoms with Crippen LogP contribution in [0.25, 0.3) is 0 Å². The summed E-state index contributed by atoms with van der Waals surface area (Å²) in [6.45, 7) is 6.92. The van der Waals surface area contributed by atoms with Gasteiger partial charge in [0.2, 0.25) is 0 Å². The molecule has 27 heavy (non-hydrogen) atoms. The smallest absolute Gasteiger partial charge is 0.435 e. The molecule has 0 radical (unpaired) electrons. The van der Waals surface area contributed by atoms with Crippen molar-refractivity contribution in [2.45, 2.75) is 53.5 Å². The average Bonchev–Trinajstić information content (AvgIpc) is 2.58. The van der Waals surface area contributed by atoms with Gasteiger partial charge in [-0.15, -0.1) is 13.2 Å². The molecule has 0 atom stereocenters. The molecule has 0 N–H and O–H groups in total. The standard InChI is InChI=1S/C10H11F3O.C8H8F2O.C2H6/c1-7(2)8-3-5-9(6-4-8)14-10(11,12)13;1-6-4-2-3-5-7(6)11-8(9)10;1-2/h3-7H,1-2H3;2-5,8H,1H3;1-2H3. The normalized spacial score (nSPS) is 10.5. The van der Waals surface area contributed by atoms with Gasteiger partial charge >= 0.3 is 13.0 Å². The fourth-order valence-electron chi connectivity index (χ4n) is 1.84. The van der Waals surface area contributed by atoms with Crippen LogP contribution in [0.4, 0.5) is 22.0 Å². The van der Waals surface area contributed by atoms with E-state index in [1.165, 1.54) is 18.2 Å². The number of para-hydroxylation sites is 1. The Bertz CT molecular complexity index is 638. The molecular weight excluding hydrogens is 367 g/mol. The van der Waals surface area contributed by atoms with Crippen molar-refractivity contribution in [3.63, 3.8) is 0 Å². The number of aryl methyl sites for hydroxylation is 1. The lowest BCUT2D eigenvalue weighted by Gasteiger charge is -2.10. The molecule has 2 aromatic carbocycles. The molecule has 0 aliphatic carbocycles. The van der Waals surface area contributed by atoms with Crippen LogP contribution in [0.5, 0.6) is 11.5 Å². The molecule has 0 fully saturated rings. The van der Waals surface area contributed by atoms with Crippen LogP contribution in [0.2, 0.25) is 0 Å². The molecular formula is C20H25F5O2. The second-order valence-corrected chi connectivity index (χ2v) is 5.42. The summed E-state index contributed by atoms with van der Waals surface area (Å²) in [4.78, 5) is 0. The largest absolute Gasteiger partial charge is 0.573 e. The Morgan fingerprint density at radius 1 is 0.852 bits per heavy atom. The first-order valence-electron chi connectivity index (χ1n) is 8.44. The minimum atomic E-state index is -4.61. The molecule has 0 aliphatic rings. The first kappa shape index (κ1) is 24.7. The molecule has 0 saturated carbocycles. The lowest BCUT2D eigenvalue weighted by molar-refractivity contribution is -0.274. The Hall–Kier alpha value is -2.31. The molecule has 0 aliphatic heterocycles. The van der Waals surface area contributed by atoms with E-state index < -0.39 is 13.0 Å². The van der Waals surface area contributed by atoms with Crippen molar-refractivity contribution in [2.75, 3.05) is 0 Å². The van der Waals surface area contributed by atoms with Crippen molar-refractivity contribution in [3.8, 4) is 11.5 Å². The maximum atomic E-state index is 11.8. The Morgan fingerprint density at radius 2 is 1.37 bits per heavy atom. The highest BCUT2D eigenvalue weighted by Gasteiger charge is 2.30. The Labute approximate surface area is 156 Å². The fourth-order valence-corrected chi connectivity index (χ4v) is 1.84. The summed E-state index contributed by atoms with van der Waals surface area (Å²) >= 11 is 0. The molecule has 7 heteroatoms. The van der Waals surface area contributed by atoms with E-state index in [4.69, 9.17) is 0 Å². The summed E-state index contributed by atoms with van der Waals surface area (Å²) < 4.78 is 66.6. The van der Waals surface area contributed by atoms with Crippen molar-refractivity contribution >= 4 is 0 Å². The predicted octanol–water partition coefficient (Wildman–Crippen LogP) is 7.33. The Morgan fingerprint density at radius 3 is 1.78 bits per heavy atom. The SMILES string of the molecule is CC.CC(C)c1ccc(OC(F)(F)F)cc1.Cc1ccccc1OC(F)F. The zero-order valence-corrected chi connectivity index (χ0v) is 16.0. The van der Waals surface area contributed by atoms with Crippen molar-refractivity contribution in [3.05, 3.63) is 59.7 Å². The zero-order chi connectivity index (χ0) is 21.0. The molecule has 0 heterocycles. The number of ether oxygens (including phenoxy) is 2.